The predicted octanol–water partition coefficient (Wildman–Crippen LogP) is 4.09. The molecule has 0 aliphatic rings. The summed E-state index contributed by atoms with van der Waals surface area (Å²) in [4.78, 5) is 15.9. The minimum Gasteiger partial charge on any atom is -0.395 e. The molecule has 30 heavy (non-hydrogen) atoms. The fraction of sp³-hybridized carbons (Fsp3) is 0.227. The van der Waals surface area contributed by atoms with Gasteiger partial charge in [-0.15, -0.1) is 0 Å². The SMILES string of the molecule is Cc1ccc(C(=O)c2cc(Cl)c(C(C)c3ccc(NS(=O)(=O)CCO)cc3)[nH]2)cc1. The lowest BCUT2D eigenvalue weighted by Crippen LogP contribution is -2.18. The molecule has 158 valence electrons. The Labute approximate surface area is 181 Å². The van der Waals surface area contributed by atoms with Crippen molar-refractivity contribution in [3.63, 3.8) is 0 Å². The molecule has 1 heterocycles. The van der Waals surface area contributed by atoms with Gasteiger partial charge in [-0.25, -0.2) is 8.42 Å². The zero-order chi connectivity index (χ0) is 21.9. The van der Waals surface area contributed by atoms with Crippen molar-refractivity contribution in [3.8, 4) is 0 Å². The van der Waals surface area contributed by atoms with Crippen LogP contribution in [0.2, 0.25) is 5.02 Å². The van der Waals surface area contributed by atoms with Crippen molar-refractivity contribution in [2.24, 2.45) is 0 Å². The number of sulfonamides is 1. The number of nitrogens with one attached hydrogen (secondary N) is 2. The lowest BCUT2D eigenvalue weighted by molar-refractivity contribution is 0.103. The minimum absolute atomic E-state index is 0.135. The van der Waals surface area contributed by atoms with Crippen LogP contribution in [0.4, 0.5) is 5.69 Å². The first kappa shape index (κ1) is 22.1. The Morgan fingerprint density at radius 2 is 1.77 bits per heavy atom. The van der Waals surface area contributed by atoms with E-state index in [2.05, 4.69) is 9.71 Å². The zero-order valence-corrected chi connectivity index (χ0v) is 18.2. The molecule has 0 amide bonds. The molecule has 0 spiro atoms. The number of aliphatic hydroxyl groups is 1. The van der Waals surface area contributed by atoms with Gasteiger partial charge in [0.05, 0.1) is 23.1 Å². The van der Waals surface area contributed by atoms with Crippen molar-refractivity contribution in [1.29, 1.82) is 0 Å². The van der Waals surface area contributed by atoms with Crippen molar-refractivity contribution in [1.82, 2.24) is 4.98 Å². The Morgan fingerprint density at radius 1 is 1.13 bits per heavy atom. The number of aliphatic hydroxyl groups excluding tert-OH is 1. The maximum atomic E-state index is 12.7. The molecule has 2 aromatic carbocycles. The van der Waals surface area contributed by atoms with Crippen molar-refractivity contribution >= 4 is 33.1 Å². The number of anilines is 1. The maximum Gasteiger partial charge on any atom is 0.234 e. The zero-order valence-electron chi connectivity index (χ0n) is 16.6. The summed E-state index contributed by atoms with van der Waals surface area (Å²) < 4.78 is 25.9. The number of aryl methyl sites for hydroxylation is 1. The molecule has 1 atom stereocenters. The van der Waals surface area contributed by atoms with Gasteiger partial charge in [0.25, 0.3) is 0 Å². The lowest BCUT2D eigenvalue weighted by Gasteiger charge is -2.13. The summed E-state index contributed by atoms with van der Waals surface area (Å²) in [5.74, 6) is -0.634. The van der Waals surface area contributed by atoms with Gasteiger partial charge in [-0.2, -0.15) is 0 Å². The predicted molar refractivity (Wildman–Crippen MR) is 119 cm³/mol. The molecule has 0 bridgehead atoms. The lowest BCUT2D eigenvalue weighted by atomic mass is 9.98. The Bertz CT molecular complexity index is 1140. The van der Waals surface area contributed by atoms with Crippen molar-refractivity contribution < 1.29 is 18.3 Å². The van der Waals surface area contributed by atoms with Crippen LogP contribution in [-0.2, 0) is 10.0 Å². The summed E-state index contributed by atoms with van der Waals surface area (Å²) in [5, 5.41) is 9.28. The molecule has 0 aliphatic heterocycles. The molecular weight excluding hydrogens is 424 g/mol. The van der Waals surface area contributed by atoms with Crippen LogP contribution in [0.15, 0.2) is 54.6 Å². The van der Waals surface area contributed by atoms with Gasteiger partial charge in [0.15, 0.2) is 0 Å². The number of H-pyrrole nitrogens is 1. The normalized spacial score (nSPS) is 12.5. The van der Waals surface area contributed by atoms with E-state index < -0.39 is 16.6 Å². The number of ketones is 1. The second-order valence-electron chi connectivity index (χ2n) is 7.13. The van der Waals surface area contributed by atoms with E-state index in [0.29, 0.717) is 27.7 Å². The fourth-order valence-electron chi connectivity index (χ4n) is 3.10. The Hall–Kier alpha value is -2.61. The molecule has 1 aromatic heterocycles. The molecule has 0 saturated heterocycles. The van der Waals surface area contributed by atoms with Crippen LogP contribution in [0.25, 0.3) is 0 Å². The van der Waals surface area contributed by atoms with Crippen LogP contribution in [0, 0.1) is 6.92 Å². The van der Waals surface area contributed by atoms with Gasteiger partial charge in [-0.05, 0) is 30.7 Å². The van der Waals surface area contributed by atoms with Gasteiger partial charge in [0.2, 0.25) is 15.8 Å². The molecule has 6 nitrogen and oxygen atoms in total. The second-order valence-corrected chi connectivity index (χ2v) is 9.38. The number of hydrogen-bond acceptors (Lipinski definition) is 4. The number of benzene rings is 2. The molecule has 1 unspecified atom stereocenters. The van der Waals surface area contributed by atoms with Gasteiger partial charge in [0, 0.05) is 22.9 Å². The van der Waals surface area contributed by atoms with Crippen LogP contribution < -0.4 is 4.72 Å². The van der Waals surface area contributed by atoms with E-state index in [9.17, 15) is 13.2 Å². The third kappa shape index (κ3) is 5.11. The summed E-state index contributed by atoms with van der Waals surface area (Å²) in [6, 6.07) is 15.9. The minimum atomic E-state index is -3.58. The van der Waals surface area contributed by atoms with Crippen LogP contribution in [0.1, 0.15) is 45.7 Å². The fourth-order valence-corrected chi connectivity index (χ4v) is 4.26. The van der Waals surface area contributed by atoms with Crippen LogP contribution >= 0.6 is 11.6 Å². The number of carbonyl (C=O) groups excluding carboxylic acids is 1. The molecule has 0 saturated carbocycles. The Morgan fingerprint density at radius 3 is 2.37 bits per heavy atom. The summed E-state index contributed by atoms with van der Waals surface area (Å²) in [6.07, 6.45) is 0. The smallest absolute Gasteiger partial charge is 0.234 e. The number of aromatic nitrogens is 1. The average Bonchev–Trinajstić information content (AvgIpc) is 3.09. The van der Waals surface area contributed by atoms with E-state index in [4.69, 9.17) is 16.7 Å². The first-order valence-electron chi connectivity index (χ1n) is 9.41. The first-order chi connectivity index (χ1) is 14.2. The average molecular weight is 447 g/mol. The highest BCUT2D eigenvalue weighted by Crippen LogP contribution is 2.31. The van der Waals surface area contributed by atoms with E-state index in [0.717, 1.165) is 11.1 Å². The van der Waals surface area contributed by atoms with Crippen LogP contribution in [0.5, 0.6) is 0 Å². The number of rotatable bonds is 8. The van der Waals surface area contributed by atoms with Gasteiger partial charge in [-0.1, -0.05) is 60.5 Å². The topological polar surface area (TPSA) is 99.3 Å². The van der Waals surface area contributed by atoms with Gasteiger partial charge in [-0.3, -0.25) is 9.52 Å². The molecule has 8 heteroatoms. The maximum absolute atomic E-state index is 12.7. The summed E-state index contributed by atoms with van der Waals surface area (Å²) in [7, 11) is -3.58. The summed E-state index contributed by atoms with van der Waals surface area (Å²) in [6.45, 7) is 3.46. The van der Waals surface area contributed by atoms with E-state index in [-0.39, 0.29) is 17.5 Å². The van der Waals surface area contributed by atoms with E-state index >= 15 is 0 Å². The van der Waals surface area contributed by atoms with Crippen LogP contribution in [-0.4, -0.2) is 36.7 Å². The van der Waals surface area contributed by atoms with Gasteiger partial charge < -0.3 is 10.1 Å². The highest BCUT2D eigenvalue weighted by Gasteiger charge is 2.19. The van der Waals surface area contributed by atoms with Crippen molar-refractivity contribution in [3.05, 3.63) is 87.7 Å². The van der Waals surface area contributed by atoms with Gasteiger partial charge in [0.1, 0.15) is 0 Å². The molecule has 0 radical (unpaired) electrons. The number of carbonyl (C=O) groups is 1. The number of hydrogen-bond donors (Lipinski definition) is 3. The molecule has 3 rings (SSSR count). The largest absolute Gasteiger partial charge is 0.395 e. The van der Waals surface area contributed by atoms with E-state index in [1.807, 2.05) is 26.0 Å². The molecule has 3 N–H and O–H groups in total. The third-order valence-corrected chi connectivity index (χ3v) is 6.41. The number of aromatic amines is 1. The Balaban J connectivity index is 1.79. The summed E-state index contributed by atoms with van der Waals surface area (Å²) >= 11 is 6.40. The van der Waals surface area contributed by atoms with Gasteiger partial charge >= 0.3 is 0 Å². The van der Waals surface area contributed by atoms with E-state index in [1.54, 1.807) is 42.5 Å². The van der Waals surface area contributed by atoms with Crippen molar-refractivity contribution in [2.75, 3.05) is 17.1 Å². The first-order valence-corrected chi connectivity index (χ1v) is 11.4. The number of halogens is 1. The second kappa shape index (κ2) is 9.04. The highest BCUT2D eigenvalue weighted by atomic mass is 35.5. The molecule has 0 fully saturated rings. The standard InChI is InChI=1S/C22H23ClN2O4S/c1-14-3-5-17(6-4-14)22(27)20-13-19(23)21(24-20)15(2)16-7-9-18(10-8-16)25-30(28,29)12-11-26/h3-10,13,15,24-26H,11-12H2,1-2H3. The molecule has 3 aromatic rings. The Kier molecular flexibility index (Phi) is 6.65. The molecular formula is C22H23ClN2O4S. The van der Waals surface area contributed by atoms with E-state index in [1.165, 1.54) is 0 Å². The summed E-state index contributed by atoms with van der Waals surface area (Å²) in [5.41, 5.74) is 4.09. The third-order valence-electron chi connectivity index (χ3n) is 4.83. The molecule has 0 aliphatic carbocycles. The van der Waals surface area contributed by atoms with Crippen molar-refractivity contribution in [2.45, 2.75) is 19.8 Å². The monoisotopic (exact) mass is 446 g/mol. The quantitative estimate of drug-likeness (QED) is 0.454. The van der Waals surface area contributed by atoms with Crippen LogP contribution in [0.3, 0.4) is 0 Å². The highest BCUT2D eigenvalue weighted by molar-refractivity contribution is 7.92.